The van der Waals surface area contributed by atoms with Crippen molar-refractivity contribution in [1.29, 1.82) is 0 Å². The van der Waals surface area contributed by atoms with Crippen LogP contribution in [0.5, 0.6) is 0 Å². The zero-order valence-corrected chi connectivity index (χ0v) is 9.18. The van der Waals surface area contributed by atoms with Gasteiger partial charge < -0.3 is 9.47 Å². The molecule has 0 aromatic heterocycles. The van der Waals surface area contributed by atoms with Gasteiger partial charge in [0.25, 0.3) is 0 Å². The molecule has 0 aliphatic heterocycles. The van der Waals surface area contributed by atoms with Crippen LogP contribution in [0, 0.1) is 0 Å². The van der Waals surface area contributed by atoms with Gasteiger partial charge in [-0.25, -0.2) is 8.42 Å². The number of ether oxygens (including phenoxy) is 2. The molecule has 0 aromatic carbocycles. The van der Waals surface area contributed by atoms with Crippen LogP contribution in [-0.2, 0) is 19.5 Å². The molecule has 0 fully saturated rings. The lowest BCUT2D eigenvalue weighted by atomic mass is 10.5. The Morgan fingerprint density at radius 1 is 1.67 bits per heavy atom. The fourth-order valence-electron chi connectivity index (χ4n) is 0.742. The summed E-state index contributed by atoms with van der Waals surface area (Å²) >= 11 is 0. The smallest absolute Gasteiger partial charge is 0.237 e. The molecule has 0 saturated carbocycles. The Balaban J connectivity index is 3.97. The molecular weight excluding hydrogens is 222 g/mol. The normalized spacial score (nSPS) is 12.6. The number of hydrogen-bond acceptors (Lipinski definition) is 4. The molecule has 1 unspecified atom stereocenters. The maximum atomic E-state index is 10.9. The maximum Gasteiger partial charge on any atom is 0.237 e. The number of nitrogens with zero attached hydrogens (tertiary/aromatic N) is 3. The van der Waals surface area contributed by atoms with Crippen molar-refractivity contribution >= 4 is 10.0 Å². The molecule has 0 heterocycles. The summed E-state index contributed by atoms with van der Waals surface area (Å²) in [5, 5.41) is 0. The van der Waals surface area contributed by atoms with Gasteiger partial charge >= 0.3 is 0 Å². The molecule has 0 bridgehead atoms. The van der Waals surface area contributed by atoms with E-state index in [0.717, 1.165) is 0 Å². The van der Waals surface area contributed by atoms with Crippen LogP contribution in [0.4, 0.5) is 0 Å². The summed E-state index contributed by atoms with van der Waals surface area (Å²) in [6, 6.07) is 0. The Bertz CT molecular complexity index is 334. The number of rotatable bonds is 8. The second-order valence-electron chi connectivity index (χ2n) is 2.47. The standard InChI is InChI=1S/C7H13N3O4S/c1-3-7(13-4-2)14-5-6-15(11,12)10-9-8/h4,7H,2-3,5-6H2,1H3. The Kier molecular flexibility index (Phi) is 6.52. The molecule has 7 nitrogen and oxygen atoms in total. The van der Waals surface area contributed by atoms with Crippen molar-refractivity contribution in [2.75, 3.05) is 12.4 Å². The van der Waals surface area contributed by atoms with Gasteiger partial charge in [0.05, 0.1) is 18.6 Å². The molecule has 86 valence electrons. The molecule has 0 saturated heterocycles. The molecule has 0 rings (SSSR count). The molecule has 1 atom stereocenters. The van der Waals surface area contributed by atoms with Crippen molar-refractivity contribution < 1.29 is 17.9 Å². The zero-order valence-electron chi connectivity index (χ0n) is 8.37. The van der Waals surface area contributed by atoms with Crippen molar-refractivity contribution in [2.45, 2.75) is 19.6 Å². The Hall–Kier alpha value is -1.24. The van der Waals surface area contributed by atoms with E-state index in [4.69, 9.17) is 15.0 Å². The van der Waals surface area contributed by atoms with Crippen LogP contribution in [0.1, 0.15) is 13.3 Å². The molecule has 0 aliphatic carbocycles. The topological polar surface area (TPSA) is 101 Å². The molecular formula is C7H13N3O4S. The largest absolute Gasteiger partial charge is 0.473 e. The number of sulfonamides is 1. The Morgan fingerprint density at radius 3 is 2.80 bits per heavy atom. The highest BCUT2D eigenvalue weighted by Gasteiger charge is 2.10. The van der Waals surface area contributed by atoms with Crippen LogP contribution < -0.4 is 0 Å². The summed E-state index contributed by atoms with van der Waals surface area (Å²) in [5.41, 5.74) is 7.94. The zero-order chi connectivity index (χ0) is 11.7. The van der Waals surface area contributed by atoms with Gasteiger partial charge in [0.15, 0.2) is 6.29 Å². The fraction of sp³-hybridized carbons (Fsp3) is 0.714. The van der Waals surface area contributed by atoms with Crippen molar-refractivity contribution in [3.05, 3.63) is 23.3 Å². The van der Waals surface area contributed by atoms with Crippen molar-refractivity contribution in [1.82, 2.24) is 0 Å². The minimum absolute atomic E-state index is 0.0896. The van der Waals surface area contributed by atoms with Gasteiger partial charge in [0.1, 0.15) is 0 Å². The van der Waals surface area contributed by atoms with Crippen LogP contribution in [0.2, 0.25) is 0 Å². The van der Waals surface area contributed by atoms with E-state index in [1.54, 1.807) is 0 Å². The lowest BCUT2D eigenvalue weighted by Crippen LogP contribution is -2.18. The Morgan fingerprint density at radius 2 is 2.33 bits per heavy atom. The fourth-order valence-corrected chi connectivity index (χ4v) is 1.24. The first-order chi connectivity index (χ1) is 7.05. The molecule has 0 radical (unpaired) electrons. The van der Waals surface area contributed by atoms with E-state index in [0.29, 0.717) is 6.42 Å². The predicted octanol–water partition coefficient (Wildman–Crippen LogP) is 1.54. The first kappa shape index (κ1) is 13.8. The van der Waals surface area contributed by atoms with Crippen molar-refractivity contribution in [2.24, 2.45) is 4.52 Å². The molecule has 0 spiro atoms. The van der Waals surface area contributed by atoms with Crippen LogP contribution in [0.3, 0.4) is 0 Å². The van der Waals surface area contributed by atoms with Gasteiger partial charge in [-0.15, -0.1) is 0 Å². The predicted molar refractivity (Wildman–Crippen MR) is 54.2 cm³/mol. The van der Waals surface area contributed by atoms with Crippen molar-refractivity contribution in [3.8, 4) is 0 Å². The molecule has 0 aromatic rings. The summed E-state index contributed by atoms with van der Waals surface area (Å²) in [4.78, 5) is 2.20. The quantitative estimate of drug-likeness (QED) is 0.209. The molecule has 0 aliphatic rings. The lowest BCUT2D eigenvalue weighted by molar-refractivity contribution is -0.102. The molecule has 0 amide bonds. The first-order valence-corrected chi connectivity index (χ1v) is 5.83. The maximum absolute atomic E-state index is 10.9. The van der Waals surface area contributed by atoms with E-state index < -0.39 is 16.3 Å². The van der Waals surface area contributed by atoms with Gasteiger partial charge in [-0.05, 0) is 5.53 Å². The minimum Gasteiger partial charge on any atom is -0.473 e. The number of hydrogen-bond donors (Lipinski definition) is 0. The van der Waals surface area contributed by atoms with Gasteiger partial charge in [0.2, 0.25) is 10.0 Å². The van der Waals surface area contributed by atoms with E-state index in [9.17, 15) is 8.42 Å². The first-order valence-electron chi connectivity index (χ1n) is 4.22. The average Bonchev–Trinajstić information content (AvgIpc) is 2.16. The molecule has 8 heteroatoms. The summed E-state index contributed by atoms with van der Waals surface area (Å²) in [6.07, 6.45) is 1.26. The SMILES string of the molecule is C=COC(CC)OCCS(=O)(=O)N=[N+]=[N-]. The van der Waals surface area contributed by atoms with Gasteiger partial charge in [-0.2, -0.15) is 0 Å². The lowest BCUT2D eigenvalue weighted by Gasteiger charge is -2.14. The highest BCUT2D eigenvalue weighted by atomic mass is 32.2. The summed E-state index contributed by atoms with van der Waals surface area (Å²) in [7, 11) is -3.75. The minimum atomic E-state index is -3.75. The van der Waals surface area contributed by atoms with E-state index in [-0.39, 0.29) is 12.4 Å². The summed E-state index contributed by atoms with van der Waals surface area (Å²) < 4.78 is 34.4. The van der Waals surface area contributed by atoms with Gasteiger partial charge in [0, 0.05) is 15.9 Å². The van der Waals surface area contributed by atoms with E-state index in [1.165, 1.54) is 6.26 Å². The Labute approximate surface area is 88.4 Å². The van der Waals surface area contributed by atoms with E-state index >= 15 is 0 Å². The third-order valence-corrected chi connectivity index (χ3v) is 2.39. The van der Waals surface area contributed by atoms with Gasteiger partial charge in [-0.1, -0.05) is 13.5 Å². The van der Waals surface area contributed by atoms with Gasteiger partial charge in [-0.3, -0.25) is 0 Å². The summed E-state index contributed by atoms with van der Waals surface area (Å²) in [5.74, 6) is -0.367. The highest BCUT2D eigenvalue weighted by Crippen LogP contribution is 2.02. The monoisotopic (exact) mass is 235 g/mol. The molecule has 15 heavy (non-hydrogen) atoms. The second-order valence-corrected chi connectivity index (χ2v) is 4.20. The van der Waals surface area contributed by atoms with Crippen LogP contribution >= 0.6 is 0 Å². The average molecular weight is 235 g/mol. The second kappa shape index (κ2) is 7.10. The molecule has 0 N–H and O–H groups in total. The third-order valence-electron chi connectivity index (χ3n) is 1.39. The van der Waals surface area contributed by atoms with E-state index in [1.807, 2.05) is 6.92 Å². The summed E-state index contributed by atoms with van der Waals surface area (Å²) in [6.45, 7) is 5.07. The van der Waals surface area contributed by atoms with E-state index in [2.05, 4.69) is 16.0 Å². The van der Waals surface area contributed by atoms with Crippen LogP contribution in [0.15, 0.2) is 17.4 Å². The van der Waals surface area contributed by atoms with Crippen LogP contribution in [-0.4, -0.2) is 27.1 Å². The highest BCUT2D eigenvalue weighted by molar-refractivity contribution is 7.90. The number of azide groups is 1. The van der Waals surface area contributed by atoms with Crippen molar-refractivity contribution in [3.63, 3.8) is 0 Å². The van der Waals surface area contributed by atoms with Crippen LogP contribution in [0.25, 0.3) is 10.4 Å². The third kappa shape index (κ3) is 6.78.